The minimum Gasteiger partial charge on any atom is -0.271 e. The van der Waals surface area contributed by atoms with Crippen molar-refractivity contribution in [2.75, 3.05) is 0 Å². The number of hydrogen-bond donors (Lipinski definition) is 2. The Labute approximate surface area is 146 Å². The zero-order valence-electron chi connectivity index (χ0n) is 11.2. The Morgan fingerprint density at radius 2 is 1.71 bits per heavy atom. The van der Waals surface area contributed by atoms with Crippen molar-refractivity contribution in [3.63, 3.8) is 0 Å². The third-order valence-electron chi connectivity index (χ3n) is 3.57. The SMILES string of the molecule is NNC(c1cc(I)ccc1Br)c1cccc2ccccc12. The van der Waals surface area contributed by atoms with Crippen LogP contribution in [0.25, 0.3) is 10.8 Å². The van der Waals surface area contributed by atoms with Crippen molar-refractivity contribution in [2.24, 2.45) is 5.84 Å². The third kappa shape index (κ3) is 2.99. The number of nitrogens with one attached hydrogen (secondary N) is 1. The van der Waals surface area contributed by atoms with Gasteiger partial charge in [0, 0.05) is 8.04 Å². The van der Waals surface area contributed by atoms with Crippen molar-refractivity contribution in [1.29, 1.82) is 0 Å². The first kappa shape index (κ1) is 15.0. The van der Waals surface area contributed by atoms with Crippen molar-refractivity contribution in [2.45, 2.75) is 6.04 Å². The van der Waals surface area contributed by atoms with Gasteiger partial charge < -0.3 is 0 Å². The minimum absolute atomic E-state index is 0.0554. The van der Waals surface area contributed by atoms with E-state index in [1.54, 1.807) is 0 Å². The van der Waals surface area contributed by atoms with Gasteiger partial charge in [0.1, 0.15) is 0 Å². The van der Waals surface area contributed by atoms with Gasteiger partial charge >= 0.3 is 0 Å². The summed E-state index contributed by atoms with van der Waals surface area (Å²) in [5, 5.41) is 2.44. The van der Waals surface area contributed by atoms with Crippen LogP contribution in [-0.4, -0.2) is 0 Å². The van der Waals surface area contributed by atoms with Gasteiger partial charge in [-0.1, -0.05) is 58.4 Å². The molecule has 0 amide bonds. The van der Waals surface area contributed by atoms with Gasteiger partial charge in [0.15, 0.2) is 0 Å². The average molecular weight is 453 g/mol. The first-order chi connectivity index (χ1) is 10.2. The lowest BCUT2D eigenvalue weighted by Gasteiger charge is -2.20. The van der Waals surface area contributed by atoms with E-state index in [1.165, 1.54) is 19.9 Å². The number of halogens is 2. The molecule has 3 aromatic carbocycles. The van der Waals surface area contributed by atoms with E-state index >= 15 is 0 Å². The lowest BCUT2D eigenvalue weighted by Crippen LogP contribution is -2.29. The summed E-state index contributed by atoms with van der Waals surface area (Å²) in [6.45, 7) is 0. The molecule has 0 fully saturated rings. The van der Waals surface area contributed by atoms with Crippen LogP contribution < -0.4 is 11.3 Å². The topological polar surface area (TPSA) is 38.0 Å². The van der Waals surface area contributed by atoms with Gasteiger partial charge in [-0.3, -0.25) is 5.84 Å². The summed E-state index contributed by atoms with van der Waals surface area (Å²) in [5.74, 6) is 5.87. The maximum Gasteiger partial charge on any atom is 0.0727 e. The van der Waals surface area contributed by atoms with Gasteiger partial charge in [-0.25, -0.2) is 5.43 Å². The van der Waals surface area contributed by atoms with E-state index in [2.05, 4.69) is 105 Å². The first-order valence-electron chi connectivity index (χ1n) is 6.59. The fourth-order valence-corrected chi connectivity index (χ4v) is 3.58. The smallest absolute Gasteiger partial charge is 0.0727 e. The third-order valence-corrected chi connectivity index (χ3v) is 4.96. The van der Waals surface area contributed by atoms with Gasteiger partial charge in [-0.05, 0) is 62.7 Å². The summed E-state index contributed by atoms with van der Waals surface area (Å²) in [6.07, 6.45) is 0. The summed E-state index contributed by atoms with van der Waals surface area (Å²) >= 11 is 5.95. The molecule has 0 heterocycles. The molecule has 0 saturated carbocycles. The van der Waals surface area contributed by atoms with Crippen LogP contribution in [0.15, 0.2) is 65.1 Å². The van der Waals surface area contributed by atoms with E-state index in [1.807, 2.05) is 0 Å². The molecule has 0 aliphatic rings. The van der Waals surface area contributed by atoms with E-state index < -0.39 is 0 Å². The van der Waals surface area contributed by atoms with Gasteiger partial charge in [0.2, 0.25) is 0 Å². The number of nitrogens with two attached hydrogens (primary N) is 1. The van der Waals surface area contributed by atoms with E-state index in [4.69, 9.17) is 5.84 Å². The van der Waals surface area contributed by atoms with Crippen LogP contribution in [-0.2, 0) is 0 Å². The zero-order valence-corrected chi connectivity index (χ0v) is 14.9. The van der Waals surface area contributed by atoms with Crippen LogP contribution in [0, 0.1) is 3.57 Å². The fourth-order valence-electron chi connectivity index (χ4n) is 2.59. The molecule has 21 heavy (non-hydrogen) atoms. The number of benzene rings is 3. The largest absolute Gasteiger partial charge is 0.271 e. The number of fused-ring (bicyclic) bond motifs is 1. The van der Waals surface area contributed by atoms with Crippen LogP contribution in [0.4, 0.5) is 0 Å². The molecule has 0 aromatic heterocycles. The second kappa shape index (κ2) is 6.44. The molecule has 0 spiro atoms. The molecule has 1 atom stereocenters. The summed E-state index contributed by atoms with van der Waals surface area (Å²) in [7, 11) is 0. The van der Waals surface area contributed by atoms with Crippen molar-refractivity contribution < 1.29 is 0 Å². The number of hydrazine groups is 1. The fraction of sp³-hybridized carbons (Fsp3) is 0.0588. The lowest BCUT2D eigenvalue weighted by atomic mass is 9.94. The Kier molecular flexibility index (Phi) is 4.59. The van der Waals surface area contributed by atoms with Crippen molar-refractivity contribution in [3.8, 4) is 0 Å². The normalized spacial score (nSPS) is 12.5. The molecule has 0 aliphatic heterocycles. The highest BCUT2D eigenvalue weighted by molar-refractivity contribution is 14.1. The van der Waals surface area contributed by atoms with E-state index in [0.717, 1.165) is 10.0 Å². The van der Waals surface area contributed by atoms with Crippen LogP contribution >= 0.6 is 38.5 Å². The summed E-state index contributed by atoms with van der Waals surface area (Å²) < 4.78 is 2.24. The molecule has 0 radical (unpaired) electrons. The molecule has 1 unspecified atom stereocenters. The van der Waals surface area contributed by atoms with E-state index in [-0.39, 0.29) is 6.04 Å². The van der Waals surface area contributed by atoms with Crippen LogP contribution in [0.5, 0.6) is 0 Å². The highest BCUT2D eigenvalue weighted by Gasteiger charge is 2.17. The molecule has 3 aromatic rings. The highest BCUT2D eigenvalue weighted by atomic mass is 127. The monoisotopic (exact) mass is 452 g/mol. The molecule has 0 bridgehead atoms. The van der Waals surface area contributed by atoms with Gasteiger partial charge in [-0.2, -0.15) is 0 Å². The molecular formula is C17H14BrIN2. The van der Waals surface area contributed by atoms with Crippen molar-refractivity contribution in [3.05, 3.63) is 79.8 Å². The number of rotatable bonds is 3. The lowest BCUT2D eigenvalue weighted by molar-refractivity contribution is 0.638. The molecule has 0 aliphatic carbocycles. The molecule has 3 rings (SSSR count). The van der Waals surface area contributed by atoms with E-state index in [0.29, 0.717) is 0 Å². The molecule has 3 N–H and O–H groups in total. The molecule has 2 nitrogen and oxygen atoms in total. The Bertz CT molecular complexity index is 783. The maximum absolute atomic E-state index is 5.87. The summed E-state index contributed by atoms with van der Waals surface area (Å²) in [5.41, 5.74) is 5.28. The standard InChI is InChI=1S/C17H14BrIN2/c18-16-9-8-12(19)10-15(16)17(21-20)14-7-3-5-11-4-1-2-6-13(11)14/h1-10,17,21H,20H2. The Hall–Kier alpha value is -0.950. The second-order valence-corrected chi connectivity index (χ2v) is 6.93. The molecule has 4 heteroatoms. The zero-order chi connectivity index (χ0) is 14.8. The predicted octanol–water partition coefficient (Wildman–Crippen LogP) is 4.76. The maximum atomic E-state index is 5.87. The quantitative estimate of drug-likeness (QED) is 0.341. The van der Waals surface area contributed by atoms with Crippen molar-refractivity contribution in [1.82, 2.24) is 5.43 Å². The second-order valence-electron chi connectivity index (χ2n) is 4.83. The van der Waals surface area contributed by atoms with Crippen LogP contribution in [0.2, 0.25) is 0 Å². The van der Waals surface area contributed by atoms with Crippen LogP contribution in [0.3, 0.4) is 0 Å². The Morgan fingerprint density at radius 3 is 2.52 bits per heavy atom. The Morgan fingerprint density at radius 1 is 0.952 bits per heavy atom. The van der Waals surface area contributed by atoms with Gasteiger partial charge in [0.25, 0.3) is 0 Å². The average Bonchev–Trinajstić information content (AvgIpc) is 2.51. The predicted molar refractivity (Wildman–Crippen MR) is 100.0 cm³/mol. The highest BCUT2D eigenvalue weighted by Crippen LogP contribution is 2.33. The first-order valence-corrected chi connectivity index (χ1v) is 8.46. The van der Waals surface area contributed by atoms with Crippen LogP contribution in [0.1, 0.15) is 17.2 Å². The van der Waals surface area contributed by atoms with E-state index in [9.17, 15) is 0 Å². The van der Waals surface area contributed by atoms with Gasteiger partial charge in [-0.15, -0.1) is 0 Å². The van der Waals surface area contributed by atoms with Crippen molar-refractivity contribution >= 4 is 49.3 Å². The Balaban J connectivity index is 2.21. The minimum atomic E-state index is -0.0554. The molecular weight excluding hydrogens is 439 g/mol. The summed E-state index contributed by atoms with van der Waals surface area (Å²) in [6, 6.07) is 20.9. The number of hydrogen-bond acceptors (Lipinski definition) is 2. The summed E-state index contributed by atoms with van der Waals surface area (Å²) in [4.78, 5) is 0. The molecule has 0 saturated heterocycles. The molecule has 106 valence electrons. The van der Waals surface area contributed by atoms with Gasteiger partial charge in [0.05, 0.1) is 6.04 Å².